The lowest BCUT2D eigenvalue weighted by molar-refractivity contribution is -0.136. The van der Waals surface area contributed by atoms with E-state index in [1.807, 2.05) is 6.92 Å². The predicted molar refractivity (Wildman–Crippen MR) is 170 cm³/mol. The molecule has 1 N–H and O–H groups in total. The number of ether oxygens (including phenoxy) is 2. The molecule has 2 aromatic carbocycles. The lowest BCUT2D eigenvalue weighted by Gasteiger charge is -2.41. The predicted octanol–water partition coefficient (Wildman–Crippen LogP) is 7.06. The number of aromatic nitrogens is 2. The smallest absolute Gasteiger partial charge is 0.418 e. The van der Waals surface area contributed by atoms with Crippen LogP contribution in [0.4, 0.5) is 18.0 Å². The minimum absolute atomic E-state index is 0.0442. The van der Waals surface area contributed by atoms with Crippen LogP contribution in [0, 0.1) is 20.8 Å². The largest absolute Gasteiger partial charge is 0.491 e. The average molecular weight is 666 g/mol. The van der Waals surface area contributed by atoms with Crippen LogP contribution < -0.4 is 9.57 Å². The molecule has 0 aliphatic carbocycles. The summed E-state index contributed by atoms with van der Waals surface area (Å²) in [5.74, 6) is -0.0688. The number of piperidine rings is 1. The number of carbonyl (C=O) groups is 1. The van der Waals surface area contributed by atoms with Crippen molar-refractivity contribution in [3.05, 3.63) is 52.8 Å². The van der Waals surface area contributed by atoms with Gasteiger partial charge in [0.1, 0.15) is 18.0 Å². The van der Waals surface area contributed by atoms with E-state index in [0.29, 0.717) is 16.8 Å². The first-order valence-electron chi connectivity index (χ1n) is 15.0. The number of amides is 1. The number of nitrogens with one attached hydrogen (secondary N) is 1. The van der Waals surface area contributed by atoms with Crippen LogP contribution in [0.5, 0.6) is 5.75 Å². The molecule has 1 fully saturated rings. The third-order valence-electron chi connectivity index (χ3n) is 7.62. The van der Waals surface area contributed by atoms with E-state index in [4.69, 9.17) is 9.47 Å². The van der Waals surface area contributed by atoms with Crippen molar-refractivity contribution >= 4 is 32.9 Å². The highest BCUT2D eigenvalue weighted by molar-refractivity contribution is 7.89. The molecule has 46 heavy (non-hydrogen) atoms. The monoisotopic (exact) mass is 665 g/mol. The highest BCUT2D eigenvalue weighted by Gasteiger charge is 2.39. The first kappa shape index (κ1) is 35.1. The van der Waals surface area contributed by atoms with Gasteiger partial charge < -0.3 is 14.0 Å². The van der Waals surface area contributed by atoms with E-state index in [0.717, 1.165) is 11.6 Å². The number of sulfonamides is 1. The molecule has 1 amide bonds. The van der Waals surface area contributed by atoms with Gasteiger partial charge in [0.25, 0.3) is 10.0 Å². The van der Waals surface area contributed by atoms with E-state index in [1.54, 1.807) is 67.5 Å². The molecule has 2 heterocycles. The number of nitrogens with zero attached hydrogens (tertiary/aromatic N) is 4. The summed E-state index contributed by atoms with van der Waals surface area (Å²) in [5, 5.41) is 4.25. The van der Waals surface area contributed by atoms with Crippen LogP contribution in [0.15, 0.2) is 40.6 Å². The molecule has 0 bridgehead atoms. The lowest BCUT2D eigenvalue weighted by Crippen LogP contribution is -2.55. The molecule has 10 nitrogen and oxygen atoms in total. The summed E-state index contributed by atoms with van der Waals surface area (Å²) >= 11 is 0. The summed E-state index contributed by atoms with van der Waals surface area (Å²) in [4.78, 5) is 21.5. The zero-order chi connectivity index (χ0) is 34.4. The van der Waals surface area contributed by atoms with Gasteiger partial charge >= 0.3 is 12.3 Å². The summed E-state index contributed by atoms with van der Waals surface area (Å²) in [6, 6.07) is 4.45. The molecule has 1 saturated heterocycles. The molecular weight excluding hydrogens is 623 g/mol. The maximum atomic E-state index is 14.2. The van der Waals surface area contributed by atoms with Crippen LogP contribution >= 0.6 is 0 Å². The quantitative estimate of drug-likeness (QED) is 0.270. The van der Waals surface area contributed by atoms with Gasteiger partial charge in [0.05, 0.1) is 33.9 Å². The van der Waals surface area contributed by atoms with Crippen molar-refractivity contribution in [2.24, 2.45) is 5.10 Å². The Kier molecular flexibility index (Phi) is 9.73. The van der Waals surface area contributed by atoms with E-state index >= 15 is 0 Å². The fourth-order valence-electron chi connectivity index (χ4n) is 5.92. The van der Waals surface area contributed by atoms with Crippen molar-refractivity contribution in [3.63, 3.8) is 0 Å². The van der Waals surface area contributed by atoms with Gasteiger partial charge in [-0.05, 0) is 79.5 Å². The number of likely N-dealkylation sites (tertiary alicyclic amines) is 1. The summed E-state index contributed by atoms with van der Waals surface area (Å²) < 4.78 is 82.1. The van der Waals surface area contributed by atoms with Crippen LogP contribution in [0.25, 0.3) is 11.0 Å². The fraction of sp³-hybridized carbons (Fsp3) is 0.531. The number of alkyl halides is 3. The third-order valence-corrected chi connectivity index (χ3v) is 9.13. The van der Waals surface area contributed by atoms with Gasteiger partial charge in [-0.3, -0.25) is 4.90 Å². The number of halogens is 3. The minimum Gasteiger partial charge on any atom is -0.491 e. The van der Waals surface area contributed by atoms with Crippen LogP contribution in [0.2, 0.25) is 0 Å². The number of hydrogen-bond acceptors (Lipinski definition) is 7. The van der Waals surface area contributed by atoms with E-state index < -0.39 is 45.5 Å². The SMILES string of the molecule is Cc1cc(C)c(S(=O)(=O)NN=C2C[C@@H](COc3cc(C(F)(F)F)c4c(c3)ncn4C(C)C)N(C(=O)OC(C)(C)C)[C@@H](C)C2)c(C)c1. The van der Waals surface area contributed by atoms with Crippen LogP contribution in [0.1, 0.15) is 82.7 Å². The molecule has 4 rings (SSSR count). The van der Waals surface area contributed by atoms with Crippen LogP contribution in [-0.4, -0.2) is 59.0 Å². The number of hydrazone groups is 1. The second-order valence-corrected chi connectivity index (χ2v) is 14.8. The van der Waals surface area contributed by atoms with Crippen molar-refractivity contribution in [2.45, 2.75) is 110 Å². The second-order valence-electron chi connectivity index (χ2n) is 13.2. The van der Waals surface area contributed by atoms with Gasteiger partial charge in [-0.2, -0.15) is 26.7 Å². The lowest BCUT2D eigenvalue weighted by atomic mass is 9.95. The summed E-state index contributed by atoms with van der Waals surface area (Å²) in [6.07, 6.45) is -3.60. The van der Waals surface area contributed by atoms with Crippen molar-refractivity contribution < 1.29 is 35.9 Å². The first-order valence-corrected chi connectivity index (χ1v) is 16.5. The van der Waals surface area contributed by atoms with Gasteiger partial charge in [-0.1, -0.05) is 17.7 Å². The topological polar surface area (TPSA) is 115 Å². The van der Waals surface area contributed by atoms with Gasteiger partial charge in [0.2, 0.25) is 0 Å². The second kappa shape index (κ2) is 12.8. The number of rotatable bonds is 7. The van der Waals surface area contributed by atoms with Gasteiger partial charge in [0.15, 0.2) is 0 Å². The Morgan fingerprint density at radius 2 is 1.72 bits per heavy atom. The van der Waals surface area contributed by atoms with E-state index in [9.17, 15) is 26.4 Å². The maximum absolute atomic E-state index is 14.2. The molecule has 1 aromatic heterocycles. The number of carbonyl (C=O) groups excluding carboxylic acids is 1. The third kappa shape index (κ3) is 7.76. The number of fused-ring (bicyclic) bond motifs is 1. The zero-order valence-corrected chi connectivity index (χ0v) is 28.4. The molecule has 0 saturated carbocycles. The standard InChI is InChI=1S/C32H42F3N5O5S/c1-18(2)39-17-36-27-15-25(14-26(28(27)39)32(33,34)35)44-16-24-13-23(12-22(6)40(24)30(41)45-31(7,8)9)37-38-46(42,43)29-20(4)10-19(3)11-21(29)5/h10-11,14-15,17-18,22,24,38H,12-13,16H2,1-9H3/t22-,24-/m0/s1. The number of imidazole rings is 1. The van der Waals surface area contributed by atoms with E-state index in [2.05, 4.69) is 14.9 Å². The highest BCUT2D eigenvalue weighted by Crippen LogP contribution is 2.38. The summed E-state index contributed by atoms with van der Waals surface area (Å²) in [5.41, 5.74) is 0.935. The normalized spacial score (nSPS) is 18.8. The number of aryl methyl sites for hydroxylation is 3. The molecular formula is C32H42F3N5O5S. The highest BCUT2D eigenvalue weighted by atomic mass is 32.2. The molecule has 0 spiro atoms. The van der Waals surface area contributed by atoms with Gasteiger partial charge in [0, 0.05) is 36.7 Å². The Balaban J connectivity index is 1.65. The Hall–Kier alpha value is -3.81. The Morgan fingerprint density at radius 1 is 1.09 bits per heavy atom. The fourth-order valence-corrected chi connectivity index (χ4v) is 7.22. The van der Waals surface area contributed by atoms with Gasteiger partial charge in [-0.25, -0.2) is 14.6 Å². The maximum Gasteiger partial charge on any atom is 0.418 e. The molecule has 14 heteroatoms. The van der Waals surface area contributed by atoms with E-state index in [-0.39, 0.29) is 47.2 Å². The Morgan fingerprint density at radius 3 is 2.28 bits per heavy atom. The van der Waals surface area contributed by atoms with Crippen LogP contribution in [0.3, 0.4) is 0 Å². The Bertz CT molecular complexity index is 1740. The number of hydrogen-bond donors (Lipinski definition) is 1. The number of benzene rings is 2. The molecule has 2 atom stereocenters. The van der Waals surface area contributed by atoms with E-state index in [1.165, 1.54) is 21.9 Å². The molecule has 1 aliphatic rings. The minimum atomic E-state index is -4.67. The Labute approximate surface area is 268 Å². The first-order chi connectivity index (χ1) is 21.2. The summed E-state index contributed by atoms with van der Waals surface area (Å²) in [6.45, 7) is 15.6. The van der Waals surface area contributed by atoms with Crippen molar-refractivity contribution in [2.75, 3.05) is 6.61 Å². The van der Waals surface area contributed by atoms with Crippen LogP contribution in [-0.2, 0) is 20.9 Å². The molecule has 252 valence electrons. The average Bonchev–Trinajstić information content (AvgIpc) is 3.32. The molecule has 1 aliphatic heterocycles. The van der Waals surface area contributed by atoms with Crippen molar-refractivity contribution in [1.29, 1.82) is 0 Å². The summed E-state index contributed by atoms with van der Waals surface area (Å²) in [7, 11) is -4.02. The molecule has 0 unspecified atom stereocenters. The molecule has 0 radical (unpaired) electrons. The zero-order valence-electron chi connectivity index (χ0n) is 27.6. The van der Waals surface area contributed by atoms with Gasteiger partial charge in [-0.15, -0.1) is 0 Å². The van der Waals surface area contributed by atoms with Crippen molar-refractivity contribution in [3.8, 4) is 5.75 Å². The van der Waals surface area contributed by atoms with Crippen molar-refractivity contribution in [1.82, 2.24) is 19.3 Å². The molecule has 3 aromatic rings.